The minimum atomic E-state index is 0.144. The van der Waals surface area contributed by atoms with Crippen molar-refractivity contribution in [3.63, 3.8) is 0 Å². The number of nitrogens with one attached hydrogen (secondary N) is 1. The summed E-state index contributed by atoms with van der Waals surface area (Å²) < 4.78 is 2.03. The molecule has 0 aliphatic carbocycles. The largest absolute Gasteiger partial charge is 0.326 e. The zero-order valence-corrected chi connectivity index (χ0v) is 14.6. The van der Waals surface area contributed by atoms with E-state index in [4.69, 9.17) is 5.73 Å². The first-order valence-corrected chi connectivity index (χ1v) is 8.33. The Morgan fingerprint density at radius 3 is 2.63 bits per heavy atom. The minimum Gasteiger partial charge on any atom is -0.326 e. The normalized spacial score (nSPS) is 16.4. The zero-order valence-electron chi connectivity index (χ0n) is 12.4. The quantitative estimate of drug-likeness (QED) is 0.265. The van der Waals surface area contributed by atoms with E-state index in [1.54, 1.807) is 7.05 Å². The SMILES string of the molecule is CCCCNC(C(/C=C\I)=C/C=NC)C(N)CCC. The van der Waals surface area contributed by atoms with Crippen LogP contribution in [0.5, 0.6) is 0 Å². The van der Waals surface area contributed by atoms with Crippen LogP contribution in [0.3, 0.4) is 0 Å². The van der Waals surface area contributed by atoms with Gasteiger partial charge in [0.1, 0.15) is 0 Å². The average Bonchev–Trinajstić information content (AvgIpc) is 2.40. The molecule has 110 valence electrons. The number of nitrogens with zero attached hydrogens (tertiary/aromatic N) is 1. The fourth-order valence-corrected chi connectivity index (χ4v) is 2.36. The number of allylic oxidation sites excluding steroid dienone is 1. The number of hydrogen-bond acceptors (Lipinski definition) is 3. The summed E-state index contributed by atoms with van der Waals surface area (Å²) in [6.07, 6.45) is 10.5. The molecule has 0 aliphatic rings. The molecule has 0 aliphatic heterocycles. The Bertz CT molecular complexity index is 298. The van der Waals surface area contributed by atoms with Crippen LogP contribution in [-0.4, -0.2) is 31.9 Å². The second kappa shape index (κ2) is 12.8. The Hall–Kier alpha value is -0.200. The van der Waals surface area contributed by atoms with Gasteiger partial charge in [-0.05, 0) is 35.1 Å². The number of unbranched alkanes of at least 4 members (excludes halogenated alkanes) is 1. The smallest absolute Gasteiger partial charge is 0.0474 e. The maximum absolute atomic E-state index is 6.33. The van der Waals surface area contributed by atoms with E-state index < -0.39 is 0 Å². The first-order chi connectivity index (χ1) is 9.21. The van der Waals surface area contributed by atoms with Crippen molar-refractivity contribution in [1.29, 1.82) is 0 Å². The summed E-state index contributed by atoms with van der Waals surface area (Å²) in [4.78, 5) is 4.04. The van der Waals surface area contributed by atoms with Gasteiger partial charge in [0.05, 0.1) is 0 Å². The summed E-state index contributed by atoms with van der Waals surface area (Å²) in [5.41, 5.74) is 7.54. The van der Waals surface area contributed by atoms with Crippen molar-refractivity contribution in [3.05, 3.63) is 21.8 Å². The number of halogens is 1. The molecule has 0 amide bonds. The summed E-state index contributed by atoms with van der Waals surface area (Å²) in [6.45, 7) is 5.39. The standard InChI is InChI=1S/C15H28IN3/c1-4-6-11-19-15(14(17)7-5-2)13(8-10-16)9-12-18-3/h8-10,12,14-15,19H,4-7,11,17H2,1-3H3/b10-8-,13-9+,18-12?. The van der Waals surface area contributed by atoms with Crippen molar-refractivity contribution in [3.8, 4) is 0 Å². The highest BCUT2D eigenvalue weighted by Crippen LogP contribution is 2.12. The molecule has 0 spiro atoms. The van der Waals surface area contributed by atoms with Gasteiger partial charge in [-0.15, -0.1) is 0 Å². The molecule has 3 nitrogen and oxygen atoms in total. The van der Waals surface area contributed by atoms with Gasteiger partial charge in [0.25, 0.3) is 0 Å². The summed E-state index contributed by atoms with van der Waals surface area (Å²) in [6, 6.07) is 0.349. The molecule has 0 saturated carbocycles. The molecule has 2 unspecified atom stereocenters. The monoisotopic (exact) mass is 377 g/mol. The molecule has 0 aromatic rings. The van der Waals surface area contributed by atoms with Gasteiger partial charge >= 0.3 is 0 Å². The Morgan fingerprint density at radius 2 is 2.11 bits per heavy atom. The van der Waals surface area contributed by atoms with Crippen LogP contribution in [0.25, 0.3) is 0 Å². The van der Waals surface area contributed by atoms with Gasteiger partial charge in [-0.2, -0.15) is 0 Å². The molecule has 0 bridgehead atoms. The summed E-state index contributed by atoms with van der Waals surface area (Å²) in [5, 5.41) is 3.59. The van der Waals surface area contributed by atoms with Crippen LogP contribution in [0.15, 0.2) is 26.8 Å². The van der Waals surface area contributed by atoms with Crippen LogP contribution in [0.1, 0.15) is 39.5 Å². The molecule has 0 saturated heterocycles. The van der Waals surface area contributed by atoms with Gasteiger partial charge in [-0.25, -0.2) is 0 Å². The van der Waals surface area contributed by atoms with E-state index in [1.165, 1.54) is 18.4 Å². The summed E-state index contributed by atoms with van der Waals surface area (Å²) in [7, 11) is 1.79. The third kappa shape index (κ3) is 8.55. The lowest BCUT2D eigenvalue weighted by Crippen LogP contribution is -2.46. The van der Waals surface area contributed by atoms with Gasteiger partial charge in [0, 0.05) is 25.3 Å². The lowest BCUT2D eigenvalue weighted by Gasteiger charge is -2.26. The third-order valence-corrected chi connectivity index (χ3v) is 3.33. The lowest BCUT2D eigenvalue weighted by molar-refractivity contribution is 0.450. The maximum Gasteiger partial charge on any atom is 0.0474 e. The number of nitrogens with two attached hydrogens (primary N) is 1. The minimum absolute atomic E-state index is 0.144. The highest BCUT2D eigenvalue weighted by atomic mass is 127. The molecule has 0 fully saturated rings. The van der Waals surface area contributed by atoms with Crippen LogP contribution in [-0.2, 0) is 0 Å². The van der Waals surface area contributed by atoms with Crippen LogP contribution < -0.4 is 11.1 Å². The first-order valence-electron chi connectivity index (χ1n) is 7.09. The highest BCUT2D eigenvalue weighted by Gasteiger charge is 2.18. The Morgan fingerprint density at radius 1 is 1.37 bits per heavy atom. The van der Waals surface area contributed by atoms with Crippen LogP contribution >= 0.6 is 22.6 Å². The van der Waals surface area contributed by atoms with Gasteiger partial charge in [0.15, 0.2) is 0 Å². The first kappa shape index (κ1) is 18.8. The fourth-order valence-electron chi connectivity index (χ4n) is 1.95. The molecular formula is C15H28IN3. The number of rotatable bonds is 10. The van der Waals surface area contributed by atoms with Crippen molar-refractivity contribution in [2.24, 2.45) is 10.7 Å². The molecule has 0 rings (SSSR count). The van der Waals surface area contributed by atoms with Crippen molar-refractivity contribution < 1.29 is 0 Å². The number of aliphatic imine (C=N–C) groups is 1. The molecule has 19 heavy (non-hydrogen) atoms. The molecule has 4 heteroatoms. The Balaban J connectivity index is 4.91. The molecule has 0 aromatic heterocycles. The van der Waals surface area contributed by atoms with Crippen LogP contribution in [0, 0.1) is 0 Å². The van der Waals surface area contributed by atoms with E-state index in [0.717, 1.165) is 19.4 Å². The molecule has 0 heterocycles. The van der Waals surface area contributed by atoms with Gasteiger partial charge < -0.3 is 11.1 Å². The zero-order chi connectivity index (χ0) is 14.5. The lowest BCUT2D eigenvalue weighted by atomic mass is 9.96. The van der Waals surface area contributed by atoms with Crippen molar-refractivity contribution in [2.75, 3.05) is 13.6 Å². The Labute approximate surface area is 132 Å². The number of hydrogen-bond donors (Lipinski definition) is 2. The topological polar surface area (TPSA) is 50.4 Å². The summed E-state index contributed by atoms with van der Waals surface area (Å²) in [5.74, 6) is 0. The maximum atomic E-state index is 6.33. The predicted octanol–water partition coefficient (Wildman–Crippen LogP) is 3.45. The van der Waals surface area contributed by atoms with E-state index in [9.17, 15) is 0 Å². The van der Waals surface area contributed by atoms with E-state index in [1.807, 2.05) is 16.4 Å². The van der Waals surface area contributed by atoms with Crippen LogP contribution in [0.2, 0.25) is 0 Å². The molecule has 0 radical (unpaired) electrons. The van der Waals surface area contributed by atoms with E-state index in [2.05, 4.69) is 52.8 Å². The van der Waals surface area contributed by atoms with E-state index >= 15 is 0 Å². The summed E-state index contributed by atoms with van der Waals surface area (Å²) >= 11 is 2.24. The Kier molecular flexibility index (Phi) is 12.7. The fraction of sp³-hybridized carbons (Fsp3) is 0.667. The van der Waals surface area contributed by atoms with Gasteiger partial charge in [-0.1, -0.05) is 55.4 Å². The van der Waals surface area contributed by atoms with Crippen molar-refractivity contribution in [1.82, 2.24) is 5.32 Å². The van der Waals surface area contributed by atoms with E-state index in [-0.39, 0.29) is 12.1 Å². The van der Waals surface area contributed by atoms with Crippen LogP contribution in [0.4, 0.5) is 0 Å². The van der Waals surface area contributed by atoms with Crippen molar-refractivity contribution >= 4 is 28.8 Å². The highest BCUT2D eigenvalue weighted by molar-refractivity contribution is 14.1. The van der Waals surface area contributed by atoms with E-state index in [0.29, 0.717) is 0 Å². The molecule has 0 aromatic carbocycles. The van der Waals surface area contributed by atoms with Gasteiger partial charge in [0.2, 0.25) is 0 Å². The molecule has 3 N–H and O–H groups in total. The predicted molar refractivity (Wildman–Crippen MR) is 95.2 cm³/mol. The third-order valence-electron chi connectivity index (χ3n) is 2.98. The van der Waals surface area contributed by atoms with Gasteiger partial charge in [-0.3, -0.25) is 4.99 Å². The molecular weight excluding hydrogens is 349 g/mol. The molecule has 2 atom stereocenters. The second-order valence-corrected chi connectivity index (χ2v) is 5.32. The average molecular weight is 377 g/mol. The van der Waals surface area contributed by atoms with Crippen molar-refractivity contribution in [2.45, 2.75) is 51.6 Å². The second-order valence-electron chi connectivity index (χ2n) is 4.60.